The van der Waals surface area contributed by atoms with Crippen LogP contribution in [-0.2, 0) is 0 Å². The van der Waals surface area contributed by atoms with Crippen molar-refractivity contribution in [3.63, 3.8) is 0 Å². The van der Waals surface area contributed by atoms with E-state index in [1.807, 2.05) is 11.0 Å². The van der Waals surface area contributed by atoms with E-state index < -0.39 is 0 Å². The summed E-state index contributed by atoms with van der Waals surface area (Å²) in [5, 5.41) is 3.41. The smallest absolute Gasteiger partial charge is 0.255 e. The molecule has 1 atom stereocenters. The van der Waals surface area contributed by atoms with Gasteiger partial charge >= 0.3 is 0 Å². The van der Waals surface area contributed by atoms with Crippen LogP contribution in [0.2, 0.25) is 0 Å². The van der Waals surface area contributed by atoms with Gasteiger partial charge in [-0.15, -0.1) is 0 Å². The largest absolute Gasteiger partial charge is 0.372 e. The lowest BCUT2D eigenvalue weighted by Gasteiger charge is -2.35. The number of hydrogen-bond donors (Lipinski definition) is 1. The van der Waals surface area contributed by atoms with Crippen molar-refractivity contribution in [1.82, 2.24) is 9.88 Å². The molecule has 2 aromatic rings. The standard InChI is InChI=1S/C24H32N4O/c1-2-22-8-4-7-15-28(22)24(29)19-16-21(18-25-17-19)26-20-9-11-23(12-10-20)27-13-5-3-6-14-27/h9-12,16-18,22,26H,2-8,13-15H2,1H3. The molecule has 1 aromatic heterocycles. The number of carbonyl (C=O) groups excluding carboxylic acids is 1. The molecule has 1 amide bonds. The van der Waals surface area contributed by atoms with E-state index in [0.29, 0.717) is 11.6 Å². The normalized spacial score (nSPS) is 19.8. The minimum absolute atomic E-state index is 0.105. The van der Waals surface area contributed by atoms with Crippen LogP contribution >= 0.6 is 0 Å². The van der Waals surface area contributed by atoms with Gasteiger partial charge in [0.15, 0.2) is 0 Å². The first-order valence-electron chi connectivity index (χ1n) is 11.1. The second-order valence-electron chi connectivity index (χ2n) is 8.24. The zero-order valence-electron chi connectivity index (χ0n) is 17.4. The summed E-state index contributed by atoms with van der Waals surface area (Å²) in [6.07, 6.45) is 11.8. The summed E-state index contributed by atoms with van der Waals surface area (Å²) in [6.45, 7) is 5.32. The number of nitrogens with zero attached hydrogens (tertiary/aromatic N) is 3. The lowest BCUT2D eigenvalue weighted by atomic mass is 9.99. The van der Waals surface area contributed by atoms with Crippen LogP contribution in [0.4, 0.5) is 17.1 Å². The van der Waals surface area contributed by atoms with Gasteiger partial charge in [0.25, 0.3) is 5.91 Å². The van der Waals surface area contributed by atoms with E-state index in [1.54, 1.807) is 12.4 Å². The Morgan fingerprint density at radius 2 is 1.76 bits per heavy atom. The molecule has 3 heterocycles. The number of piperidine rings is 2. The molecule has 5 heteroatoms. The fourth-order valence-corrected chi connectivity index (χ4v) is 4.56. The predicted octanol–water partition coefficient (Wildman–Crippen LogP) is 5.22. The lowest BCUT2D eigenvalue weighted by molar-refractivity contribution is 0.0607. The maximum absolute atomic E-state index is 13.0. The summed E-state index contributed by atoms with van der Waals surface area (Å²) in [5.74, 6) is 0.105. The molecule has 0 bridgehead atoms. The second-order valence-corrected chi connectivity index (χ2v) is 8.24. The highest BCUT2D eigenvalue weighted by molar-refractivity contribution is 5.95. The molecule has 4 rings (SSSR count). The first kappa shape index (κ1) is 19.7. The maximum Gasteiger partial charge on any atom is 0.255 e. The Bertz CT molecular complexity index is 814. The molecule has 1 N–H and O–H groups in total. The summed E-state index contributed by atoms with van der Waals surface area (Å²) >= 11 is 0. The molecule has 2 fully saturated rings. The van der Waals surface area contributed by atoms with E-state index in [2.05, 4.69) is 46.4 Å². The molecule has 2 aliphatic heterocycles. The van der Waals surface area contributed by atoms with Crippen molar-refractivity contribution in [2.75, 3.05) is 29.9 Å². The fourth-order valence-electron chi connectivity index (χ4n) is 4.56. The van der Waals surface area contributed by atoms with E-state index >= 15 is 0 Å². The molecule has 1 aromatic carbocycles. The number of anilines is 3. The quantitative estimate of drug-likeness (QED) is 0.758. The van der Waals surface area contributed by atoms with E-state index in [-0.39, 0.29) is 5.91 Å². The number of hydrogen-bond acceptors (Lipinski definition) is 4. The van der Waals surface area contributed by atoms with Crippen molar-refractivity contribution in [2.24, 2.45) is 0 Å². The maximum atomic E-state index is 13.0. The van der Waals surface area contributed by atoms with Gasteiger partial charge in [0.05, 0.1) is 17.4 Å². The fraction of sp³-hybridized carbons (Fsp3) is 0.500. The van der Waals surface area contributed by atoms with Crippen molar-refractivity contribution in [3.05, 3.63) is 48.3 Å². The highest BCUT2D eigenvalue weighted by Gasteiger charge is 2.26. The van der Waals surface area contributed by atoms with Gasteiger partial charge in [-0.3, -0.25) is 9.78 Å². The van der Waals surface area contributed by atoms with Gasteiger partial charge in [-0.2, -0.15) is 0 Å². The van der Waals surface area contributed by atoms with E-state index in [1.165, 1.54) is 31.4 Å². The van der Waals surface area contributed by atoms with Crippen LogP contribution < -0.4 is 10.2 Å². The average molecular weight is 393 g/mol. The Morgan fingerprint density at radius 3 is 2.52 bits per heavy atom. The molecular weight excluding hydrogens is 360 g/mol. The van der Waals surface area contributed by atoms with Crippen molar-refractivity contribution in [3.8, 4) is 0 Å². The number of nitrogens with one attached hydrogen (secondary N) is 1. The molecule has 1 unspecified atom stereocenters. The first-order valence-corrected chi connectivity index (χ1v) is 11.1. The van der Waals surface area contributed by atoms with Crippen LogP contribution in [0.1, 0.15) is 62.2 Å². The molecule has 29 heavy (non-hydrogen) atoms. The van der Waals surface area contributed by atoms with Crippen LogP contribution in [0.3, 0.4) is 0 Å². The van der Waals surface area contributed by atoms with Gasteiger partial charge in [0.2, 0.25) is 0 Å². The van der Waals surface area contributed by atoms with E-state index in [0.717, 1.165) is 50.3 Å². The summed E-state index contributed by atoms with van der Waals surface area (Å²) in [7, 11) is 0. The van der Waals surface area contributed by atoms with Gasteiger partial charge in [0, 0.05) is 43.2 Å². The Morgan fingerprint density at radius 1 is 1.00 bits per heavy atom. The lowest BCUT2D eigenvalue weighted by Crippen LogP contribution is -2.43. The van der Waals surface area contributed by atoms with Gasteiger partial charge in [-0.1, -0.05) is 6.92 Å². The zero-order chi connectivity index (χ0) is 20.1. The van der Waals surface area contributed by atoms with Crippen LogP contribution in [0.15, 0.2) is 42.7 Å². The van der Waals surface area contributed by atoms with E-state index in [9.17, 15) is 4.79 Å². The van der Waals surface area contributed by atoms with Crippen LogP contribution in [-0.4, -0.2) is 41.5 Å². The zero-order valence-corrected chi connectivity index (χ0v) is 17.4. The third-order valence-corrected chi connectivity index (χ3v) is 6.22. The molecule has 0 radical (unpaired) electrons. The summed E-state index contributed by atoms with van der Waals surface area (Å²) in [6, 6.07) is 10.8. The van der Waals surface area contributed by atoms with Gasteiger partial charge < -0.3 is 15.1 Å². The minimum atomic E-state index is 0.105. The third kappa shape index (κ3) is 4.72. The Balaban J connectivity index is 1.44. The number of carbonyl (C=O) groups is 1. The SMILES string of the molecule is CCC1CCCCN1C(=O)c1cncc(Nc2ccc(N3CCCCC3)cc2)c1. The highest BCUT2D eigenvalue weighted by Crippen LogP contribution is 2.25. The number of benzene rings is 1. The number of amides is 1. The first-order chi connectivity index (χ1) is 14.2. The molecule has 0 aliphatic carbocycles. The molecule has 2 saturated heterocycles. The molecule has 5 nitrogen and oxygen atoms in total. The van der Waals surface area contributed by atoms with Gasteiger partial charge in [-0.25, -0.2) is 0 Å². The van der Waals surface area contributed by atoms with Crippen LogP contribution in [0.25, 0.3) is 0 Å². The molecule has 2 aliphatic rings. The monoisotopic (exact) mass is 392 g/mol. The molecule has 154 valence electrons. The number of likely N-dealkylation sites (tertiary alicyclic amines) is 1. The van der Waals surface area contributed by atoms with Gasteiger partial charge in [0.1, 0.15) is 0 Å². The van der Waals surface area contributed by atoms with Gasteiger partial charge in [-0.05, 0) is 75.3 Å². The summed E-state index contributed by atoms with van der Waals surface area (Å²) in [5.41, 5.74) is 3.82. The Labute approximate surface area is 174 Å². The van der Waals surface area contributed by atoms with Crippen molar-refractivity contribution >= 4 is 23.0 Å². The Hall–Kier alpha value is -2.56. The van der Waals surface area contributed by atoms with Crippen molar-refractivity contribution < 1.29 is 4.79 Å². The highest BCUT2D eigenvalue weighted by atomic mass is 16.2. The summed E-state index contributed by atoms with van der Waals surface area (Å²) in [4.78, 5) is 21.9. The van der Waals surface area contributed by atoms with Crippen molar-refractivity contribution in [2.45, 2.75) is 57.9 Å². The second kappa shape index (κ2) is 9.29. The predicted molar refractivity (Wildman–Crippen MR) is 119 cm³/mol. The average Bonchev–Trinajstić information content (AvgIpc) is 2.80. The minimum Gasteiger partial charge on any atom is -0.372 e. The molecular formula is C24H32N4O. The third-order valence-electron chi connectivity index (χ3n) is 6.22. The van der Waals surface area contributed by atoms with Crippen LogP contribution in [0.5, 0.6) is 0 Å². The summed E-state index contributed by atoms with van der Waals surface area (Å²) < 4.78 is 0. The molecule has 0 spiro atoms. The van der Waals surface area contributed by atoms with Crippen LogP contribution in [0, 0.1) is 0 Å². The van der Waals surface area contributed by atoms with E-state index in [4.69, 9.17) is 0 Å². The number of aromatic nitrogens is 1. The Kier molecular flexibility index (Phi) is 6.33. The number of pyridine rings is 1. The number of rotatable bonds is 5. The topological polar surface area (TPSA) is 48.5 Å². The van der Waals surface area contributed by atoms with Crippen molar-refractivity contribution in [1.29, 1.82) is 0 Å². The molecule has 0 saturated carbocycles.